The van der Waals surface area contributed by atoms with Crippen molar-refractivity contribution in [3.05, 3.63) is 0 Å². The van der Waals surface area contributed by atoms with E-state index in [1.165, 1.54) is 38.5 Å². The zero-order valence-corrected chi connectivity index (χ0v) is 10.4. The van der Waals surface area contributed by atoms with Gasteiger partial charge in [0, 0.05) is 5.41 Å². The van der Waals surface area contributed by atoms with Crippen molar-refractivity contribution in [1.29, 1.82) is 0 Å². The molecule has 0 amide bonds. The second kappa shape index (κ2) is 3.69. The number of ether oxygens (including phenoxy) is 2. The van der Waals surface area contributed by atoms with Crippen molar-refractivity contribution in [2.24, 2.45) is 28.9 Å². The second-order valence-corrected chi connectivity index (χ2v) is 7.04. The van der Waals surface area contributed by atoms with Gasteiger partial charge < -0.3 is 15.2 Å². The molecule has 0 unspecified atom stereocenters. The SMILES string of the molecule is NC1COC(C23CC4CC(CC(C4)C2)C3)OC1. The Hall–Kier alpha value is -0.120. The first-order valence-corrected chi connectivity index (χ1v) is 7.22. The number of hydrogen-bond acceptors (Lipinski definition) is 3. The molecular weight excluding hydrogens is 214 g/mol. The summed E-state index contributed by atoms with van der Waals surface area (Å²) in [6, 6.07) is 0.0835. The summed E-state index contributed by atoms with van der Waals surface area (Å²) in [5.41, 5.74) is 6.19. The summed E-state index contributed by atoms with van der Waals surface area (Å²) in [5, 5.41) is 0. The molecule has 0 aromatic rings. The Morgan fingerprint density at radius 2 is 1.29 bits per heavy atom. The van der Waals surface area contributed by atoms with E-state index < -0.39 is 0 Å². The summed E-state index contributed by atoms with van der Waals surface area (Å²) in [6.07, 6.45) is 8.52. The topological polar surface area (TPSA) is 44.5 Å². The number of nitrogens with two attached hydrogens (primary N) is 1. The molecule has 5 rings (SSSR count). The van der Waals surface area contributed by atoms with Gasteiger partial charge in [0.05, 0.1) is 19.3 Å². The van der Waals surface area contributed by atoms with Gasteiger partial charge in [0.15, 0.2) is 6.29 Å². The highest BCUT2D eigenvalue weighted by Crippen LogP contribution is 2.62. The van der Waals surface area contributed by atoms with Crippen LogP contribution in [-0.2, 0) is 9.47 Å². The lowest BCUT2D eigenvalue weighted by Gasteiger charge is -2.59. The van der Waals surface area contributed by atoms with Gasteiger partial charge in [-0.1, -0.05) is 0 Å². The van der Waals surface area contributed by atoms with Crippen LogP contribution in [0.5, 0.6) is 0 Å². The first kappa shape index (κ1) is 10.8. The molecule has 4 bridgehead atoms. The van der Waals surface area contributed by atoms with Crippen molar-refractivity contribution in [2.75, 3.05) is 13.2 Å². The Morgan fingerprint density at radius 3 is 1.76 bits per heavy atom. The van der Waals surface area contributed by atoms with E-state index in [0.717, 1.165) is 17.8 Å². The monoisotopic (exact) mass is 237 g/mol. The molecule has 0 atom stereocenters. The highest BCUT2D eigenvalue weighted by atomic mass is 16.7. The summed E-state index contributed by atoms with van der Waals surface area (Å²) in [4.78, 5) is 0. The molecule has 3 nitrogen and oxygen atoms in total. The van der Waals surface area contributed by atoms with Crippen molar-refractivity contribution < 1.29 is 9.47 Å². The third-order valence-corrected chi connectivity index (χ3v) is 5.51. The summed E-state index contributed by atoms with van der Waals surface area (Å²) in [7, 11) is 0. The fourth-order valence-corrected chi connectivity index (χ4v) is 5.34. The first-order valence-electron chi connectivity index (χ1n) is 7.22. The van der Waals surface area contributed by atoms with Crippen LogP contribution < -0.4 is 5.73 Å². The van der Waals surface area contributed by atoms with Gasteiger partial charge in [-0.15, -0.1) is 0 Å². The zero-order chi connectivity index (χ0) is 11.5. The fraction of sp³-hybridized carbons (Fsp3) is 1.00. The predicted octanol–water partition coefficient (Wildman–Crippen LogP) is 1.90. The molecular formula is C14H23NO2. The normalized spacial score (nSPS) is 57.4. The zero-order valence-electron chi connectivity index (χ0n) is 10.4. The van der Waals surface area contributed by atoms with Gasteiger partial charge in [0.1, 0.15) is 0 Å². The number of rotatable bonds is 1. The van der Waals surface area contributed by atoms with E-state index in [4.69, 9.17) is 15.2 Å². The lowest BCUT2D eigenvalue weighted by Crippen LogP contribution is -2.56. The van der Waals surface area contributed by atoms with Gasteiger partial charge in [-0.3, -0.25) is 0 Å². The van der Waals surface area contributed by atoms with Gasteiger partial charge in [-0.05, 0) is 56.3 Å². The largest absolute Gasteiger partial charge is 0.350 e. The molecule has 17 heavy (non-hydrogen) atoms. The molecule has 4 aliphatic carbocycles. The van der Waals surface area contributed by atoms with Crippen LogP contribution in [0, 0.1) is 23.2 Å². The van der Waals surface area contributed by atoms with Crippen molar-refractivity contribution >= 4 is 0 Å². The quantitative estimate of drug-likeness (QED) is 0.757. The Labute approximate surface area is 103 Å². The van der Waals surface area contributed by atoms with Crippen LogP contribution >= 0.6 is 0 Å². The minimum atomic E-state index is 0.0516. The van der Waals surface area contributed by atoms with Crippen LogP contribution in [0.3, 0.4) is 0 Å². The van der Waals surface area contributed by atoms with Crippen LogP contribution in [0.4, 0.5) is 0 Å². The van der Waals surface area contributed by atoms with Crippen LogP contribution in [0.25, 0.3) is 0 Å². The van der Waals surface area contributed by atoms with Gasteiger partial charge in [-0.25, -0.2) is 0 Å². The molecule has 1 heterocycles. The van der Waals surface area contributed by atoms with E-state index >= 15 is 0 Å². The highest BCUT2D eigenvalue weighted by Gasteiger charge is 2.55. The van der Waals surface area contributed by atoms with E-state index in [1.54, 1.807) is 0 Å². The van der Waals surface area contributed by atoms with E-state index in [2.05, 4.69) is 0 Å². The number of hydrogen-bond donors (Lipinski definition) is 1. The Kier molecular flexibility index (Phi) is 2.34. The molecule has 0 aromatic carbocycles. The fourth-order valence-electron chi connectivity index (χ4n) is 5.34. The lowest BCUT2D eigenvalue weighted by atomic mass is 9.49. The van der Waals surface area contributed by atoms with Gasteiger partial charge >= 0.3 is 0 Å². The average molecular weight is 237 g/mol. The third kappa shape index (κ3) is 1.66. The van der Waals surface area contributed by atoms with Gasteiger partial charge in [-0.2, -0.15) is 0 Å². The Morgan fingerprint density at radius 1 is 0.824 bits per heavy atom. The van der Waals surface area contributed by atoms with E-state index in [1.807, 2.05) is 0 Å². The molecule has 0 radical (unpaired) electrons. The first-order chi connectivity index (χ1) is 8.23. The van der Waals surface area contributed by atoms with Crippen molar-refractivity contribution in [1.82, 2.24) is 0 Å². The van der Waals surface area contributed by atoms with Crippen LogP contribution in [0.2, 0.25) is 0 Å². The summed E-state index contributed by atoms with van der Waals surface area (Å²) in [5.74, 6) is 2.89. The summed E-state index contributed by atoms with van der Waals surface area (Å²) >= 11 is 0. The van der Waals surface area contributed by atoms with Gasteiger partial charge in [0.2, 0.25) is 0 Å². The minimum absolute atomic E-state index is 0.0516. The van der Waals surface area contributed by atoms with Crippen LogP contribution in [-0.4, -0.2) is 25.5 Å². The van der Waals surface area contributed by atoms with Crippen molar-refractivity contribution in [3.8, 4) is 0 Å². The molecule has 1 saturated heterocycles. The van der Waals surface area contributed by atoms with E-state index in [9.17, 15) is 0 Å². The molecule has 0 aromatic heterocycles. The summed E-state index contributed by atoms with van der Waals surface area (Å²) in [6.45, 7) is 1.37. The smallest absolute Gasteiger partial charge is 0.163 e. The molecule has 3 heteroatoms. The van der Waals surface area contributed by atoms with Crippen molar-refractivity contribution in [2.45, 2.75) is 50.9 Å². The standard InChI is InChI=1S/C14H23NO2/c15-12-7-16-13(17-8-12)14-4-9-1-10(5-14)3-11(2-9)6-14/h9-13H,1-8,15H2. The van der Waals surface area contributed by atoms with Crippen LogP contribution in [0.15, 0.2) is 0 Å². The molecule has 4 saturated carbocycles. The maximum Gasteiger partial charge on any atom is 0.163 e. The molecule has 5 fully saturated rings. The molecule has 2 N–H and O–H groups in total. The third-order valence-electron chi connectivity index (χ3n) is 5.51. The summed E-state index contributed by atoms with van der Waals surface area (Å²) < 4.78 is 11.9. The molecule has 96 valence electrons. The van der Waals surface area contributed by atoms with E-state index in [0.29, 0.717) is 18.6 Å². The minimum Gasteiger partial charge on any atom is -0.350 e. The average Bonchev–Trinajstić information content (AvgIpc) is 2.27. The lowest BCUT2D eigenvalue weighted by molar-refractivity contribution is -0.275. The maximum absolute atomic E-state index is 5.93. The van der Waals surface area contributed by atoms with Crippen molar-refractivity contribution in [3.63, 3.8) is 0 Å². The van der Waals surface area contributed by atoms with Gasteiger partial charge in [0.25, 0.3) is 0 Å². The van der Waals surface area contributed by atoms with E-state index in [-0.39, 0.29) is 12.3 Å². The molecule has 5 aliphatic rings. The molecule has 1 aliphatic heterocycles. The maximum atomic E-state index is 5.93. The molecule has 0 spiro atoms. The predicted molar refractivity (Wildman–Crippen MR) is 64.3 cm³/mol. The highest BCUT2D eigenvalue weighted by molar-refractivity contribution is 5.03. The van der Waals surface area contributed by atoms with Crippen LogP contribution in [0.1, 0.15) is 38.5 Å². The Bertz CT molecular complexity index is 274. The second-order valence-electron chi connectivity index (χ2n) is 7.04. The Balaban J connectivity index is 1.56.